The predicted octanol–water partition coefficient (Wildman–Crippen LogP) is 1.96. The number of benzene rings is 1. The molecule has 17 heavy (non-hydrogen) atoms. The maximum Gasteiger partial charge on any atom is 0.328 e. The molecule has 1 aromatic carbocycles. The van der Waals surface area contributed by atoms with Gasteiger partial charge in [0.2, 0.25) is 0 Å². The molecule has 0 radical (unpaired) electrons. The standard InChI is InChI=1S/C13H19NO3/c1-5-17-11-8(2)6-10(7-9(11)3)13(4,14)12(15)16/h6-7H,5,14H2,1-4H3,(H,15,16). The first-order chi connectivity index (χ1) is 7.80. The Bertz CT molecular complexity index is 415. The van der Waals surface area contributed by atoms with Crippen LogP contribution in [0.5, 0.6) is 5.75 Å². The molecule has 1 atom stereocenters. The lowest BCUT2D eigenvalue weighted by Crippen LogP contribution is -2.41. The fourth-order valence-corrected chi connectivity index (χ4v) is 1.75. The molecular weight excluding hydrogens is 218 g/mol. The van der Waals surface area contributed by atoms with Gasteiger partial charge in [-0.05, 0) is 56.5 Å². The third kappa shape index (κ3) is 2.58. The van der Waals surface area contributed by atoms with Crippen LogP contribution in [0.2, 0.25) is 0 Å². The quantitative estimate of drug-likeness (QED) is 0.839. The number of rotatable bonds is 4. The lowest BCUT2D eigenvalue weighted by Gasteiger charge is -2.22. The largest absolute Gasteiger partial charge is 0.493 e. The highest BCUT2D eigenvalue weighted by molar-refractivity contribution is 5.80. The molecule has 3 N–H and O–H groups in total. The van der Waals surface area contributed by atoms with Gasteiger partial charge >= 0.3 is 5.97 Å². The van der Waals surface area contributed by atoms with E-state index in [1.165, 1.54) is 6.92 Å². The smallest absolute Gasteiger partial charge is 0.328 e. The number of carbonyl (C=O) groups is 1. The fraction of sp³-hybridized carbons (Fsp3) is 0.462. The summed E-state index contributed by atoms with van der Waals surface area (Å²) in [6.07, 6.45) is 0. The highest BCUT2D eigenvalue weighted by Crippen LogP contribution is 2.29. The molecule has 0 aliphatic heterocycles. The van der Waals surface area contributed by atoms with Crippen LogP contribution in [0.15, 0.2) is 12.1 Å². The molecule has 4 heteroatoms. The number of hydrogen-bond donors (Lipinski definition) is 2. The number of hydrogen-bond acceptors (Lipinski definition) is 3. The SMILES string of the molecule is CCOc1c(C)cc(C(C)(N)C(=O)O)cc1C. The molecular formula is C13H19NO3. The number of carboxylic acids is 1. The van der Waals surface area contributed by atoms with Crippen molar-refractivity contribution in [1.82, 2.24) is 0 Å². The first-order valence-electron chi connectivity index (χ1n) is 5.57. The molecule has 1 unspecified atom stereocenters. The summed E-state index contributed by atoms with van der Waals surface area (Å²) in [5.41, 5.74) is 6.82. The summed E-state index contributed by atoms with van der Waals surface area (Å²) in [5, 5.41) is 9.09. The van der Waals surface area contributed by atoms with Crippen molar-refractivity contribution in [1.29, 1.82) is 0 Å². The van der Waals surface area contributed by atoms with Crippen LogP contribution in [0.25, 0.3) is 0 Å². The molecule has 0 aliphatic carbocycles. The Labute approximate surface area is 101 Å². The summed E-state index contributed by atoms with van der Waals surface area (Å²) in [6, 6.07) is 3.54. The maximum atomic E-state index is 11.1. The van der Waals surface area contributed by atoms with E-state index in [4.69, 9.17) is 15.6 Å². The first-order valence-corrected chi connectivity index (χ1v) is 5.57. The number of aliphatic carboxylic acids is 1. The molecule has 0 spiro atoms. The monoisotopic (exact) mass is 237 g/mol. The molecule has 0 fully saturated rings. The minimum Gasteiger partial charge on any atom is -0.493 e. The van der Waals surface area contributed by atoms with Crippen LogP contribution in [0.4, 0.5) is 0 Å². The van der Waals surface area contributed by atoms with Crippen molar-refractivity contribution in [3.8, 4) is 5.75 Å². The summed E-state index contributed by atoms with van der Waals surface area (Å²) in [7, 11) is 0. The normalized spacial score (nSPS) is 14.2. The summed E-state index contributed by atoms with van der Waals surface area (Å²) >= 11 is 0. The van der Waals surface area contributed by atoms with Crippen molar-refractivity contribution in [2.24, 2.45) is 5.73 Å². The Kier molecular flexibility index (Phi) is 3.78. The number of aryl methyl sites for hydroxylation is 2. The molecule has 0 aromatic heterocycles. The van der Waals surface area contributed by atoms with Crippen molar-refractivity contribution in [3.63, 3.8) is 0 Å². The minimum atomic E-state index is -1.37. The summed E-state index contributed by atoms with van der Waals surface area (Å²) in [6.45, 7) is 7.76. The van der Waals surface area contributed by atoms with Crippen LogP contribution in [0, 0.1) is 13.8 Å². The van der Waals surface area contributed by atoms with E-state index in [0.717, 1.165) is 16.9 Å². The molecule has 0 heterocycles. The minimum absolute atomic E-state index is 0.583. The molecule has 0 bridgehead atoms. The molecule has 0 amide bonds. The average Bonchev–Trinajstić information content (AvgIpc) is 2.22. The highest BCUT2D eigenvalue weighted by Gasteiger charge is 2.31. The molecule has 94 valence electrons. The second-order valence-electron chi connectivity index (χ2n) is 4.38. The lowest BCUT2D eigenvalue weighted by atomic mass is 9.90. The van der Waals surface area contributed by atoms with E-state index in [2.05, 4.69) is 0 Å². The van der Waals surface area contributed by atoms with Crippen LogP contribution in [-0.4, -0.2) is 17.7 Å². The molecule has 0 aliphatic rings. The third-order valence-electron chi connectivity index (χ3n) is 2.79. The van der Waals surface area contributed by atoms with Gasteiger partial charge in [-0.25, -0.2) is 4.79 Å². The zero-order chi connectivity index (χ0) is 13.2. The van der Waals surface area contributed by atoms with Gasteiger partial charge in [0.1, 0.15) is 11.3 Å². The van der Waals surface area contributed by atoms with Crippen LogP contribution in [-0.2, 0) is 10.3 Å². The first kappa shape index (κ1) is 13.5. The van der Waals surface area contributed by atoms with Crippen LogP contribution in [0.1, 0.15) is 30.5 Å². The van der Waals surface area contributed by atoms with Gasteiger partial charge in [0.25, 0.3) is 0 Å². The van der Waals surface area contributed by atoms with Crippen molar-refractivity contribution in [2.75, 3.05) is 6.61 Å². The topological polar surface area (TPSA) is 72.5 Å². The number of ether oxygens (including phenoxy) is 1. The van der Waals surface area contributed by atoms with Gasteiger partial charge < -0.3 is 15.6 Å². The summed E-state index contributed by atoms with van der Waals surface area (Å²) < 4.78 is 5.51. The Morgan fingerprint density at radius 2 is 1.88 bits per heavy atom. The number of nitrogens with two attached hydrogens (primary N) is 1. The molecule has 1 aromatic rings. The van der Waals surface area contributed by atoms with Gasteiger partial charge in [-0.15, -0.1) is 0 Å². The van der Waals surface area contributed by atoms with E-state index in [-0.39, 0.29) is 0 Å². The van der Waals surface area contributed by atoms with E-state index >= 15 is 0 Å². The number of carboxylic acid groups (broad SMARTS) is 1. The Morgan fingerprint density at radius 3 is 2.24 bits per heavy atom. The van der Waals surface area contributed by atoms with E-state index in [0.29, 0.717) is 12.2 Å². The van der Waals surface area contributed by atoms with Crippen molar-refractivity contribution >= 4 is 5.97 Å². The molecule has 1 rings (SSSR count). The Morgan fingerprint density at radius 1 is 1.41 bits per heavy atom. The zero-order valence-electron chi connectivity index (χ0n) is 10.7. The second-order valence-corrected chi connectivity index (χ2v) is 4.38. The van der Waals surface area contributed by atoms with E-state index in [1.54, 1.807) is 12.1 Å². The molecule has 0 saturated heterocycles. The zero-order valence-corrected chi connectivity index (χ0v) is 10.7. The van der Waals surface area contributed by atoms with Gasteiger partial charge in [0.05, 0.1) is 6.61 Å². The van der Waals surface area contributed by atoms with Crippen molar-refractivity contribution < 1.29 is 14.6 Å². The van der Waals surface area contributed by atoms with Crippen molar-refractivity contribution in [2.45, 2.75) is 33.2 Å². The van der Waals surface area contributed by atoms with E-state index < -0.39 is 11.5 Å². The van der Waals surface area contributed by atoms with Crippen LogP contribution < -0.4 is 10.5 Å². The fourth-order valence-electron chi connectivity index (χ4n) is 1.75. The summed E-state index contributed by atoms with van der Waals surface area (Å²) in [5.74, 6) is -0.238. The van der Waals surface area contributed by atoms with Crippen LogP contribution >= 0.6 is 0 Å². The Balaban J connectivity index is 3.28. The average molecular weight is 237 g/mol. The molecule has 0 saturated carbocycles. The van der Waals surface area contributed by atoms with Crippen molar-refractivity contribution in [3.05, 3.63) is 28.8 Å². The maximum absolute atomic E-state index is 11.1. The van der Waals surface area contributed by atoms with Gasteiger partial charge in [-0.2, -0.15) is 0 Å². The second kappa shape index (κ2) is 4.75. The molecule has 4 nitrogen and oxygen atoms in total. The van der Waals surface area contributed by atoms with E-state index in [9.17, 15) is 4.79 Å². The highest BCUT2D eigenvalue weighted by atomic mass is 16.5. The lowest BCUT2D eigenvalue weighted by molar-refractivity contribution is -0.143. The van der Waals surface area contributed by atoms with E-state index in [1.807, 2.05) is 20.8 Å². The van der Waals surface area contributed by atoms with Gasteiger partial charge in [-0.3, -0.25) is 0 Å². The van der Waals surface area contributed by atoms with Gasteiger partial charge in [0, 0.05) is 0 Å². The predicted molar refractivity (Wildman–Crippen MR) is 66.3 cm³/mol. The van der Waals surface area contributed by atoms with Gasteiger partial charge in [0.15, 0.2) is 0 Å². The third-order valence-corrected chi connectivity index (χ3v) is 2.79. The van der Waals surface area contributed by atoms with Crippen LogP contribution in [0.3, 0.4) is 0 Å². The van der Waals surface area contributed by atoms with Gasteiger partial charge in [-0.1, -0.05) is 0 Å². The Hall–Kier alpha value is -1.55. The summed E-state index contributed by atoms with van der Waals surface area (Å²) in [4.78, 5) is 11.1.